The lowest BCUT2D eigenvalue weighted by Gasteiger charge is -2.32. The van der Waals surface area contributed by atoms with Gasteiger partial charge in [-0.2, -0.15) is 0 Å². The van der Waals surface area contributed by atoms with E-state index in [1.807, 2.05) is 0 Å². The molecule has 2 aliphatic rings. The first-order valence-electron chi connectivity index (χ1n) is 7.78. The summed E-state index contributed by atoms with van der Waals surface area (Å²) in [4.78, 5) is 12.6. The molecule has 2 fully saturated rings. The molecule has 1 unspecified atom stereocenters. The van der Waals surface area contributed by atoms with Crippen molar-refractivity contribution in [2.75, 3.05) is 39.4 Å². The van der Waals surface area contributed by atoms with E-state index < -0.39 is 0 Å². The van der Waals surface area contributed by atoms with Crippen molar-refractivity contribution in [3.05, 3.63) is 0 Å². The zero-order valence-corrected chi connectivity index (χ0v) is 11.9. The number of rotatable bonds is 8. The molecule has 2 saturated heterocycles. The standard InChI is InChI=1S/C15H27N2O2/c18-13-16-7-1-2-14-3-8-17(9-4-14)10-5-15-6-11-19-12-15/h14-15H,1-12H2,(H,16,18). The Morgan fingerprint density at radius 2 is 2.00 bits per heavy atom. The molecule has 109 valence electrons. The molecule has 0 bridgehead atoms. The third kappa shape index (κ3) is 5.49. The van der Waals surface area contributed by atoms with Gasteiger partial charge in [0, 0.05) is 19.8 Å². The van der Waals surface area contributed by atoms with E-state index in [-0.39, 0.29) is 0 Å². The Morgan fingerprint density at radius 3 is 2.68 bits per heavy atom. The summed E-state index contributed by atoms with van der Waals surface area (Å²) in [6.45, 7) is 6.50. The van der Waals surface area contributed by atoms with Gasteiger partial charge in [-0.15, -0.1) is 0 Å². The number of nitrogens with one attached hydrogen (secondary N) is 1. The molecule has 0 saturated carbocycles. The van der Waals surface area contributed by atoms with E-state index in [1.54, 1.807) is 6.41 Å². The number of carbonyl (C=O) groups excluding carboxylic acids is 1. The van der Waals surface area contributed by atoms with Crippen molar-refractivity contribution >= 4 is 6.41 Å². The maximum Gasteiger partial charge on any atom is 0.309 e. The van der Waals surface area contributed by atoms with Crippen LogP contribution in [-0.4, -0.2) is 50.7 Å². The normalized spacial score (nSPS) is 25.6. The quantitative estimate of drug-likeness (QED) is 0.536. The first kappa shape index (κ1) is 14.8. The third-order valence-corrected chi connectivity index (χ3v) is 4.57. The molecule has 2 aliphatic heterocycles. The van der Waals surface area contributed by atoms with Crippen LogP contribution in [0.4, 0.5) is 0 Å². The van der Waals surface area contributed by atoms with E-state index in [0.29, 0.717) is 0 Å². The van der Waals surface area contributed by atoms with Crippen LogP contribution in [0.1, 0.15) is 38.5 Å². The second-order valence-corrected chi connectivity index (χ2v) is 5.97. The van der Waals surface area contributed by atoms with E-state index in [1.165, 1.54) is 51.7 Å². The fourth-order valence-electron chi connectivity index (χ4n) is 3.21. The van der Waals surface area contributed by atoms with Crippen LogP contribution in [0.5, 0.6) is 0 Å². The smallest absolute Gasteiger partial charge is 0.309 e. The molecule has 1 radical (unpaired) electrons. The SMILES string of the molecule is O=[C]NCCCC1CCN(CCC2CCOC2)CC1. The van der Waals surface area contributed by atoms with Gasteiger partial charge in [0.25, 0.3) is 0 Å². The number of amides is 1. The lowest BCUT2D eigenvalue weighted by Crippen LogP contribution is -2.35. The fourth-order valence-corrected chi connectivity index (χ4v) is 3.21. The molecule has 0 aromatic heterocycles. The summed E-state index contributed by atoms with van der Waals surface area (Å²) in [5, 5.41) is 2.62. The monoisotopic (exact) mass is 267 g/mol. The van der Waals surface area contributed by atoms with Crippen LogP contribution in [0, 0.1) is 11.8 Å². The van der Waals surface area contributed by atoms with Gasteiger partial charge >= 0.3 is 6.41 Å². The number of piperidine rings is 1. The molecule has 2 rings (SSSR count). The summed E-state index contributed by atoms with van der Waals surface area (Å²) in [5.41, 5.74) is 0. The largest absolute Gasteiger partial charge is 0.381 e. The lowest BCUT2D eigenvalue weighted by atomic mass is 9.92. The Labute approximate surface area is 116 Å². The van der Waals surface area contributed by atoms with Crippen LogP contribution in [0.2, 0.25) is 0 Å². The molecule has 0 aromatic rings. The van der Waals surface area contributed by atoms with Crippen molar-refractivity contribution in [3.8, 4) is 0 Å². The van der Waals surface area contributed by atoms with Gasteiger partial charge in [0.15, 0.2) is 0 Å². The summed E-state index contributed by atoms with van der Waals surface area (Å²) in [6.07, 6.45) is 9.30. The van der Waals surface area contributed by atoms with Crippen molar-refractivity contribution in [2.24, 2.45) is 11.8 Å². The number of hydrogen-bond acceptors (Lipinski definition) is 3. The van der Waals surface area contributed by atoms with Gasteiger partial charge in [-0.05, 0) is 70.0 Å². The van der Waals surface area contributed by atoms with Crippen molar-refractivity contribution in [1.82, 2.24) is 10.2 Å². The minimum Gasteiger partial charge on any atom is -0.381 e. The predicted octanol–water partition coefficient (Wildman–Crippen LogP) is 1.56. The van der Waals surface area contributed by atoms with Gasteiger partial charge in [-0.25, -0.2) is 0 Å². The maximum atomic E-state index is 10.0. The topological polar surface area (TPSA) is 41.6 Å². The first-order chi connectivity index (χ1) is 9.38. The maximum absolute atomic E-state index is 10.0. The lowest BCUT2D eigenvalue weighted by molar-refractivity contribution is 0.156. The molecule has 0 spiro atoms. The van der Waals surface area contributed by atoms with E-state index in [0.717, 1.165) is 38.0 Å². The molecule has 0 aliphatic carbocycles. The molecular formula is C15H27N2O2. The minimum absolute atomic E-state index is 0.783. The van der Waals surface area contributed by atoms with Gasteiger partial charge in [-0.1, -0.05) is 0 Å². The molecule has 1 atom stereocenters. The van der Waals surface area contributed by atoms with Crippen LogP contribution in [-0.2, 0) is 9.53 Å². The average Bonchev–Trinajstić information content (AvgIpc) is 2.96. The minimum atomic E-state index is 0.783. The van der Waals surface area contributed by atoms with Crippen molar-refractivity contribution < 1.29 is 9.53 Å². The Hall–Kier alpha value is -0.610. The van der Waals surface area contributed by atoms with Gasteiger partial charge in [-0.3, -0.25) is 4.79 Å². The molecule has 4 heteroatoms. The number of hydrogen-bond donors (Lipinski definition) is 1. The van der Waals surface area contributed by atoms with E-state index in [9.17, 15) is 4.79 Å². The Bertz CT molecular complexity index is 247. The summed E-state index contributed by atoms with van der Waals surface area (Å²) < 4.78 is 5.43. The highest BCUT2D eigenvalue weighted by Gasteiger charge is 2.21. The Balaban J connectivity index is 1.50. The Kier molecular flexibility index (Phi) is 6.65. The summed E-state index contributed by atoms with van der Waals surface area (Å²) >= 11 is 0. The molecule has 1 amide bonds. The van der Waals surface area contributed by atoms with Crippen molar-refractivity contribution in [2.45, 2.75) is 38.5 Å². The summed E-state index contributed by atoms with van der Waals surface area (Å²) in [5.74, 6) is 1.67. The van der Waals surface area contributed by atoms with E-state index in [2.05, 4.69) is 10.2 Å². The van der Waals surface area contributed by atoms with Gasteiger partial charge in [0.2, 0.25) is 0 Å². The molecule has 19 heavy (non-hydrogen) atoms. The summed E-state index contributed by atoms with van der Waals surface area (Å²) in [6, 6.07) is 0. The second-order valence-electron chi connectivity index (χ2n) is 5.97. The average molecular weight is 267 g/mol. The van der Waals surface area contributed by atoms with Crippen LogP contribution < -0.4 is 5.32 Å². The van der Waals surface area contributed by atoms with E-state index >= 15 is 0 Å². The highest BCUT2D eigenvalue weighted by Crippen LogP contribution is 2.23. The zero-order valence-electron chi connectivity index (χ0n) is 11.9. The molecule has 2 heterocycles. The van der Waals surface area contributed by atoms with E-state index in [4.69, 9.17) is 4.74 Å². The van der Waals surface area contributed by atoms with Crippen molar-refractivity contribution in [3.63, 3.8) is 0 Å². The number of likely N-dealkylation sites (tertiary alicyclic amines) is 1. The van der Waals surface area contributed by atoms with Crippen LogP contribution in [0.15, 0.2) is 0 Å². The predicted molar refractivity (Wildman–Crippen MR) is 75.6 cm³/mol. The number of ether oxygens (including phenoxy) is 1. The zero-order chi connectivity index (χ0) is 13.3. The Morgan fingerprint density at radius 1 is 1.16 bits per heavy atom. The summed E-state index contributed by atoms with van der Waals surface area (Å²) in [7, 11) is 0. The third-order valence-electron chi connectivity index (χ3n) is 4.57. The molecule has 1 N–H and O–H groups in total. The number of nitrogens with zero attached hydrogens (tertiary/aromatic N) is 1. The van der Waals surface area contributed by atoms with Crippen LogP contribution >= 0.6 is 0 Å². The first-order valence-corrected chi connectivity index (χ1v) is 7.78. The van der Waals surface area contributed by atoms with Gasteiger partial charge < -0.3 is 15.0 Å². The highest BCUT2D eigenvalue weighted by molar-refractivity contribution is 5.46. The molecule has 0 aromatic carbocycles. The fraction of sp³-hybridized carbons (Fsp3) is 0.933. The van der Waals surface area contributed by atoms with Crippen molar-refractivity contribution in [1.29, 1.82) is 0 Å². The van der Waals surface area contributed by atoms with Gasteiger partial charge in [0.05, 0.1) is 0 Å². The van der Waals surface area contributed by atoms with Gasteiger partial charge in [0.1, 0.15) is 0 Å². The van der Waals surface area contributed by atoms with Crippen LogP contribution in [0.25, 0.3) is 0 Å². The highest BCUT2D eigenvalue weighted by atomic mass is 16.5. The van der Waals surface area contributed by atoms with Crippen LogP contribution in [0.3, 0.4) is 0 Å². The molecular weight excluding hydrogens is 240 g/mol. The molecule has 4 nitrogen and oxygen atoms in total. The second kappa shape index (κ2) is 8.54.